The quantitative estimate of drug-likeness (QED) is 0.687. The number of hydrogen-bond acceptors (Lipinski definition) is 4. The summed E-state index contributed by atoms with van der Waals surface area (Å²) in [5.74, 6) is -1.61. The van der Waals surface area contributed by atoms with Crippen LogP contribution >= 0.6 is 15.9 Å². The Morgan fingerprint density at radius 1 is 1.40 bits per heavy atom. The van der Waals surface area contributed by atoms with Crippen molar-refractivity contribution in [1.29, 1.82) is 0 Å². The van der Waals surface area contributed by atoms with Crippen LogP contribution in [0.1, 0.15) is 10.4 Å². The fourth-order valence-corrected chi connectivity index (χ4v) is 1.82. The van der Waals surface area contributed by atoms with Crippen molar-refractivity contribution < 1.29 is 14.1 Å². The van der Waals surface area contributed by atoms with E-state index in [1.807, 2.05) is 0 Å². The van der Waals surface area contributed by atoms with Crippen molar-refractivity contribution in [2.45, 2.75) is 0 Å². The summed E-state index contributed by atoms with van der Waals surface area (Å²) in [7, 11) is 0. The molecular weight excluding hydrogens is 333 g/mol. The van der Waals surface area contributed by atoms with Crippen LogP contribution in [0.2, 0.25) is 0 Å². The van der Waals surface area contributed by atoms with E-state index in [0.717, 1.165) is 18.2 Å². The number of nitro groups is 1. The highest BCUT2D eigenvalue weighted by Crippen LogP contribution is 2.22. The van der Waals surface area contributed by atoms with Gasteiger partial charge in [-0.05, 0) is 28.1 Å². The first-order valence-corrected chi connectivity index (χ1v) is 6.13. The Balaban J connectivity index is 2.32. The molecule has 2 aromatic rings. The van der Waals surface area contributed by atoms with Crippen LogP contribution in [0.25, 0.3) is 0 Å². The molecule has 1 aromatic heterocycles. The van der Waals surface area contributed by atoms with Crippen molar-refractivity contribution in [2.24, 2.45) is 0 Å². The molecule has 1 heterocycles. The number of hydrogen-bond donors (Lipinski definition) is 1. The Bertz CT molecular complexity index is 693. The second-order valence-electron chi connectivity index (χ2n) is 3.73. The Morgan fingerprint density at radius 2 is 2.15 bits per heavy atom. The molecule has 1 aromatic carbocycles. The molecule has 0 saturated heterocycles. The fourth-order valence-electron chi connectivity index (χ4n) is 1.47. The number of amides is 1. The van der Waals surface area contributed by atoms with E-state index in [1.54, 1.807) is 0 Å². The zero-order valence-electron chi connectivity index (χ0n) is 9.84. The molecule has 0 fully saturated rings. The first-order chi connectivity index (χ1) is 9.49. The van der Waals surface area contributed by atoms with Crippen molar-refractivity contribution in [3.8, 4) is 0 Å². The Morgan fingerprint density at radius 3 is 2.80 bits per heavy atom. The molecule has 1 amide bonds. The van der Waals surface area contributed by atoms with Gasteiger partial charge in [0.1, 0.15) is 5.82 Å². The highest BCUT2D eigenvalue weighted by Gasteiger charge is 2.17. The maximum atomic E-state index is 13.6. The molecule has 0 aliphatic rings. The van der Waals surface area contributed by atoms with Crippen LogP contribution in [-0.4, -0.2) is 15.8 Å². The number of pyridine rings is 1. The molecule has 6 nitrogen and oxygen atoms in total. The molecule has 8 heteroatoms. The van der Waals surface area contributed by atoms with E-state index in [0.29, 0.717) is 10.2 Å². The summed E-state index contributed by atoms with van der Waals surface area (Å²) in [5, 5.41) is 13.1. The number of rotatable bonds is 3. The van der Waals surface area contributed by atoms with Gasteiger partial charge in [-0.3, -0.25) is 19.9 Å². The Hall–Kier alpha value is -2.35. The van der Waals surface area contributed by atoms with E-state index in [2.05, 4.69) is 26.2 Å². The second kappa shape index (κ2) is 5.74. The molecule has 102 valence electrons. The highest BCUT2D eigenvalue weighted by molar-refractivity contribution is 9.10. The van der Waals surface area contributed by atoms with E-state index in [4.69, 9.17) is 0 Å². The lowest BCUT2D eigenvalue weighted by atomic mass is 10.1. The average Bonchev–Trinajstić information content (AvgIpc) is 2.41. The number of halogens is 2. The molecule has 0 spiro atoms. The lowest BCUT2D eigenvalue weighted by Gasteiger charge is -2.07. The first-order valence-electron chi connectivity index (χ1n) is 5.34. The van der Waals surface area contributed by atoms with Gasteiger partial charge < -0.3 is 5.32 Å². The van der Waals surface area contributed by atoms with Crippen LogP contribution in [0.15, 0.2) is 41.1 Å². The molecule has 0 unspecified atom stereocenters. The molecule has 0 bridgehead atoms. The third-order valence-electron chi connectivity index (χ3n) is 2.43. The van der Waals surface area contributed by atoms with Gasteiger partial charge >= 0.3 is 0 Å². The molecule has 1 N–H and O–H groups in total. The van der Waals surface area contributed by atoms with Crippen LogP contribution in [0.4, 0.5) is 15.8 Å². The summed E-state index contributed by atoms with van der Waals surface area (Å²) in [5.41, 5.74) is -0.371. The minimum absolute atomic E-state index is 0.356. The lowest BCUT2D eigenvalue weighted by molar-refractivity contribution is -0.384. The third-order valence-corrected chi connectivity index (χ3v) is 3.06. The zero-order chi connectivity index (χ0) is 14.7. The van der Waals surface area contributed by atoms with Gasteiger partial charge in [0.25, 0.3) is 11.6 Å². The van der Waals surface area contributed by atoms with Gasteiger partial charge in [-0.1, -0.05) is 0 Å². The number of nitrogens with one attached hydrogen (secondary N) is 1. The number of aromatic nitrogens is 1. The lowest BCUT2D eigenvalue weighted by Crippen LogP contribution is -2.14. The molecule has 0 aliphatic carbocycles. The van der Waals surface area contributed by atoms with Crippen LogP contribution in [-0.2, 0) is 0 Å². The predicted octanol–water partition coefficient (Wildman–Crippen LogP) is 3.14. The smallest absolute Gasteiger partial charge is 0.270 e. The van der Waals surface area contributed by atoms with Crippen molar-refractivity contribution in [1.82, 2.24) is 4.98 Å². The van der Waals surface area contributed by atoms with Gasteiger partial charge in [-0.2, -0.15) is 0 Å². The summed E-state index contributed by atoms with van der Waals surface area (Å²) in [6.45, 7) is 0. The summed E-state index contributed by atoms with van der Waals surface area (Å²) in [6.07, 6.45) is 2.91. The van der Waals surface area contributed by atoms with Crippen molar-refractivity contribution in [3.05, 3.63) is 62.6 Å². The highest BCUT2D eigenvalue weighted by atomic mass is 79.9. The summed E-state index contributed by atoms with van der Waals surface area (Å²) in [6, 6.07) is 4.28. The van der Waals surface area contributed by atoms with Gasteiger partial charge in [0.05, 0.1) is 20.6 Å². The van der Waals surface area contributed by atoms with Crippen molar-refractivity contribution in [2.75, 3.05) is 5.32 Å². The van der Waals surface area contributed by atoms with Gasteiger partial charge in [0.2, 0.25) is 0 Å². The van der Waals surface area contributed by atoms with Crippen LogP contribution < -0.4 is 5.32 Å². The number of non-ortho nitro benzene ring substituents is 1. The van der Waals surface area contributed by atoms with E-state index >= 15 is 0 Å². The van der Waals surface area contributed by atoms with Gasteiger partial charge in [0.15, 0.2) is 0 Å². The molecular formula is C12H7BrFN3O3. The molecule has 0 radical (unpaired) electrons. The normalized spacial score (nSPS) is 10.1. The van der Waals surface area contributed by atoms with E-state index in [9.17, 15) is 19.3 Å². The number of nitrogens with zero attached hydrogens (tertiary/aromatic N) is 2. The maximum absolute atomic E-state index is 13.6. The topological polar surface area (TPSA) is 85.1 Å². The SMILES string of the molecule is O=C(Nc1ccncc1Br)c1cc([N+](=O)[O-])ccc1F. The Kier molecular flexibility index (Phi) is 4.04. The first kappa shape index (κ1) is 14.1. The van der Waals surface area contributed by atoms with E-state index in [-0.39, 0.29) is 5.69 Å². The average molecular weight is 340 g/mol. The predicted molar refractivity (Wildman–Crippen MR) is 72.9 cm³/mol. The summed E-state index contributed by atoms with van der Waals surface area (Å²) >= 11 is 3.17. The van der Waals surface area contributed by atoms with E-state index in [1.165, 1.54) is 18.5 Å². The zero-order valence-corrected chi connectivity index (χ0v) is 11.4. The molecule has 2 rings (SSSR count). The number of anilines is 1. The molecule has 20 heavy (non-hydrogen) atoms. The fraction of sp³-hybridized carbons (Fsp3) is 0. The Labute approximate surface area is 120 Å². The third kappa shape index (κ3) is 2.97. The summed E-state index contributed by atoms with van der Waals surface area (Å²) in [4.78, 5) is 25.7. The number of carbonyl (C=O) groups is 1. The van der Waals surface area contributed by atoms with Gasteiger partial charge in [-0.25, -0.2) is 4.39 Å². The minimum atomic E-state index is -0.835. The summed E-state index contributed by atoms with van der Waals surface area (Å²) < 4.78 is 14.1. The van der Waals surface area contributed by atoms with Crippen LogP contribution in [0, 0.1) is 15.9 Å². The molecule has 0 atom stereocenters. The standard InChI is InChI=1S/C12H7BrFN3O3/c13-9-6-15-4-3-11(9)16-12(18)8-5-7(17(19)20)1-2-10(8)14/h1-6H,(H,15,16,18). The van der Waals surface area contributed by atoms with Crippen LogP contribution in [0.3, 0.4) is 0 Å². The largest absolute Gasteiger partial charge is 0.321 e. The second-order valence-corrected chi connectivity index (χ2v) is 4.59. The van der Waals surface area contributed by atoms with Crippen molar-refractivity contribution >= 4 is 33.2 Å². The van der Waals surface area contributed by atoms with Gasteiger partial charge in [-0.15, -0.1) is 0 Å². The van der Waals surface area contributed by atoms with E-state index < -0.39 is 22.2 Å². The van der Waals surface area contributed by atoms with Crippen molar-refractivity contribution in [3.63, 3.8) is 0 Å². The number of carbonyl (C=O) groups excluding carboxylic acids is 1. The molecule has 0 saturated carbocycles. The van der Waals surface area contributed by atoms with Gasteiger partial charge in [0, 0.05) is 24.5 Å². The monoisotopic (exact) mass is 339 g/mol. The molecule has 0 aliphatic heterocycles. The number of benzene rings is 1. The maximum Gasteiger partial charge on any atom is 0.270 e. The number of nitro benzene ring substituents is 1. The minimum Gasteiger partial charge on any atom is -0.321 e. The van der Waals surface area contributed by atoms with Crippen LogP contribution in [0.5, 0.6) is 0 Å².